The van der Waals surface area contributed by atoms with Gasteiger partial charge in [-0.1, -0.05) is 13.8 Å². The van der Waals surface area contributed by atoms with E-state index in [4.69, 9.17) is 4.74 Å². The maximum atomic E-state index is 12.2. The average Bonchev–Trinajstić information content (AvgIpc) is 2.47. The third-order valence-corrected chi connectivity index (χ3v) is 4.11. The minimum absolute atomic E-state index is 0.0528. The molecule has 0 spiro atoms. The highest BCUT2D eigenvalue weighted by Gasteiger charge is 2.49. The van der Waals surface area contributed by atoms with Crippen LogP contribution < -0.4 is 10.6 Å². The van der Waals surface area contributed by atoms with Crippen molar-refractivity contribution < 1.29 is 9.53 Å². The number of hydrogen-bond acceptors (Lipinski definition) is 5. The van der Waals surface area contributed by atoms with Crippen LogP contribution in [-0.4, -0.2) is 41.4 Å². The second-order valence-electron chi connectivity index (χ2n) is 5.86. The topological polar surface area (TPSA) is 76.1 Å². The Balaban J connectivity index is 1.93. The lowest BCUT2D eigenvalue weighted by atomic mass is 9.64. The Labute approximate surface area is 125 Å². The number of ether oxygens (including phenoxy) is 1. The molecular weight excluding hydrogens is 268 g/mol. The van der Waals surface area contributed by atoms with Crippen molar-refractivity contribution in [3.8, 4) is 0 Å². The smallest absolute Gasteiger partial charge is 0.272 e. The quantitative estimate of drug-likeness (QED) is 0.836. The van der Waals surface area contributed by atoms with Crippen LogP contribution in [0.5, 0.6) is 0 Å². The van der Waals surface area contributed by atoms with E-state index in [0.29, 0.717) is 18.1 Å². The van der Waals surface area contributed by atoms with E-state index in [1.54, 1.807) is 12.1 Å². The Hall–Kier alpha value is -1.69. The molecule has 0 radical (unpaired) electrons. The van der Waals surface area contributed by atoms with Gasteiger partial charge in [0.25, 0.3) is 5.91 Å². The Bertz CT molecular complexity index is 487. The number of nitrogens with zero attached hydrogens (tertiary/aromatic N) is 2. The molecule has 116 valence electrons. The molecule has 1 aromatic heterocycles. The van der Waals surface area contributed by atoms with E-state index in [1.807, 2.05) is 13.8 Å². The second kappa shape index (κ2) is 6.39. The molecule has 0 aromatic carbocycles. The highest BCUT2D eigenvalue weighted by atomic mass is 16.5. The minimum atomic E-state index is -0.182. The van der Waals surface area contributed by atoms with Crippen LogP contribution in [0.25, 0.3) is 0 Å². The van der Waals surface area contributed by atoms with E-state index in [1.165, 1.54) is 0 Å². The van der Waals surface area contributed by atoms with Crippen LogP contribution in [0.15, 0.2) is 12.1 Å². The molecule has 1 aliphatic carbocycles. The lowest BCUT2D eigenvalue weighted by Crippen LogP contribution is -2.62. The highest BCUT2D eigenvalue weighted by Crippen LogP contribution is 2.42. The first kappa shape index (κ1) is 15.7. The molecule has 2 rings (SSSR count). The van der Waals surface area contributed by atoms with Crippen LogP contribution in [0.2, 0.25) is 0 Å². The summed E-state index contributed by atoms with van der Waals surface area (Å²) in [4.78, 5) is 12.2. The molecule has 1 amide bonds. The zero-order chi connectivity index (χ0) is 15.5. The van der Waals surface area contributed by atoms with Gasteiger partial charge in [0.15, 0.2) is 5.69 Å². The van der Waals surface area contributed by atoms with Gasteiger partial charge in [-0.15, -0.1) is 10.2 Å². The van der Waals surface area contributed by atoms with E-state index in [9.17, 15) is 4.79 Å². The number of anilines is 1. The van der Waals surface area contributed by atoms with Gasteiger partial charge in [-0.25, -0.2) is 0 Å². The summed E-state index contributed by atoms with van der Waals surface area (Å²) in [5, 5.41) is 14.0. The van der Waals surface area contributed by atoms with Gasteiger partial charge in [-0.3, -0.25) is 4.79 Å². The number of carbonyl (C=O) groups excluding carboxylic acids is 1. The number of aromatic nitrogens is 2. The minimum Gasteiger partial charge on any atom is -0.378 e. The Kier molecular flexibility index (Phi) is 4.77. The fourth-order valence-electron chi connectivity index (χ4n) is 2.58. The Morgan fingerprint density at radius 3 is 2.67 bits per heavy atom. The summed E-state index contributed by atoms with van der Waals surface area (Å²) in [5.41, 5.74) is 0.287. The molecule has 1 saturated carbocycles. The highest BCUT2D eigenvalue weighted by molar-refractivity contribution is 5.92. The van der Waals surface area contributed by atoms with Crippen molar-refractivity contribution in [3.05, 3.63) is 17.8 Å². The van der Waals surface area contributed by atoms with Gasteiger partial charge in [0.2, 0.25) is 0 Å². The SMILES string of the molecule is CCNc1ccc(C(=O)NC2CC(OCC)C2(C)C)nn1. The summed E-state index contributed by atoms with van der Waals surface area (Å²) < 4.78 is 5.67. The van der Waals surface area contributed by atoms with Crippen molar-refractivity contribution in [2.75, 3.05) is 18.5 Å². The normalized spacial score (nSPS) is 23.2. The predicted octanol–water partition coefficient (Wildman–Crippen LogP) is 1.84. The standard InChI is InChI=1S/C15H24N4O2/c1-5-16-13-8-7-10(18-19-13)14(20)17-11-9-12(21-6-2)15(11,3)4/h7-8,11-12H,5-6,9H2,1-4H3,(H,16,19)(H,17,20). The monoisotopic (exact) mass is 292 g/mol. The van der Waals surface area contributed by atoms with Crippen LogP contribution in [0.3, 0.4) is 0 Å². The van der Waals surface area contributed by atoms with E-state index < -0.39 is 0 Å². The van der Waals surface area contributed by atoms with Crippen molar-refractivity contribution in [2.24, 2.45) is 5.41 Å². The summed E-state index contributed by atoms with van der Waals surface area (Å²) in [5.74, 6) is 0.494. The average molecular weight is 292 g/mol. The molecule has 0 saturated heterocycles. The van der Waals surface area contributed by atoms with Gasteiger partial charge >= 0.3 is 0 Å². The number of rotatable bonds is 6. The van der Waals surface area contributed by atoms with E-state index in [-0.39, 0.29) is 23.5 Å². The van der Waals surface area contributed by atoms with Crippen molar-refractivity contribution in [2.45, 2.75) is 46.3 Å². The van der Waals surface area contributed by atoms with Crippen LogP contribution in [0, 0.1) is 5.41 Å². The van der Waals surface area contributed by atoms with Gasteiger partial charge in [-0.2, -0.15) is 0 Å². The summed E-state index contributed by atoms with van der Waals surface area (Å²) in [6, 6.07) is 3.56. The molecule has 21 heavy (non-hydrogen) atoms. The van der Waals surface area contributed by atoms with Crippen LogP contribution in [0.4, 0.5) is 5.82 Å². The first-order valence-corrected chi connectivity index (χ1v) is 7.49. The van der Waals surface area contributed by atoms with Crippen molar-refractivity contribution in [3.63, 3.8) is 0 Å². The molecule has 2 atom stereocenters. The number of hydrogen-bond donors (Lipinski definition) is 2. The third-order valence-electron chi connectivity index (χ3n) is 4.11. The maximum Gasteiger partial charge on any atom is 0.272 e. The number of nitrogens with one attached hydrogen (secondary N) is 2. The van der Waals surface area contributed by atoms with E-state index in [0.717, 1.165) is 13.0 Å². The molecule has 0 aliphatic heterocycles. The number of amides is 1. The second-order valence-corrected chi connectivity index (χ2v) is 5.86. The molecular formula is C15H24N4O2. The summed E-state index contributed by atoms with van der Waals surface area (Å²) in [6.07, 6.45) is 1.05. The van der Waals surface area contributed by atoms with E-state index >= 15 is 0 Å². The number of carbonyl (C=O) groups is 1. The van der Waals surface area contributed by atoms with Crippen molar-refractivity contribution in [1.82, 2.24) is 15.5 Å². The van der Waals surface area contributed by atoms with Gasteiger partial charge in [0.1, 0.15) is 5.82 Å². The predicted molar refractivity (Wildman–Crippen MR) is 81.3 cm³/mol. The summed E-state index contributed by atoms with van der Waals surface area (Å²) in [6.45, 7) is 9.67. The molecule has 1 aliphatic rings. The van der Waals surface area contributed by atoms with Gasteiger partial charge in [0, 0.05) is 24.6 Å². The molecule has 0 bridgehead atoms. The summed E-state index contributed by atoms with van der Waals surface area (Å²) in [7, 11) is 0. The molecule has 6 heteroatoms. The zero-order valence-electron chi connectivity index (χ0n) is 13.1. The molecule has 1 fully saturated rings. The fourth-order valence-corrected chi connectivity index (χ4v) is 2.58. The maximum absolute atomic E-state index is 12.2. The van der Waals surface area contributed by atoms with Crippen LogP contribution in [-0.2, 0) is 4.74 Å². The molecule has 1 aromatic rings. The molecule has 2 N–H and O–H groups in total. The molecule has 2 unspecified atom stereocenters. The summed E-state index contributed by atoms with van der Waals surface area (Å²) >= 11 is 0. The van der Waals surface area contributed by atoms with Crippen molar-refractivity contribution in [1.29, 1.82) is 0 Å². The lowest BCUT2D eigenvalue weighted by molar-refractivity contribution is -0.111. The first-order valence-electron chi connectivity index (χ1n) is 7.49. The largest absolute Gasteiger partial charge is 0.378 e. The Morgan fingerprint density at radius 1 is 1.38 bits per heavy atom. The lowest BCUT2D eigenvalue weighted by Gasteiger charge is -2.51. The van der Waals surface area contributed by atoms with Gasteiger partial charge in [0.05, 0.1) is 6.10 Å². The fraction of sp³-hybridized carbons (Fsp3) is 0.667. The molecule has 1 heterocycles. The Morgan fingerprint density at radius 2 is 2.14 bits per heavy atom. The van der Waals surface area contributed by atoms with Gasteiger partial charge in [-0.05, 0) is 32.4 Å². The van der Waals surface area contributed by atoms with E-state index in [2.05, 4.69) is 34.7 Å². The first-order chi connectivity index (χ1) is 9.98. The van der Waals surface area contributed by atoms with Crippen LogP contribution in [0.1, 0.15) is 44.6 Å². The van der Waals surface area contributed by atoms with Gasteiger partial charge < -0.3 is 15.4 Å². The van der Waals surface area contributed by atoms with Crippen molar-refractivity contribution >= 4 is 11.7 Å². The third kappa shape index (κ3) is 3.32. The van der Waals surface area contributed by atoms with Crippen LogP contribution >= 0.6 is 0 Å². The zero-order valence-corrected chi connectivity index (χ0v) is 13.1. The molecule has 6 nitrogen and oxygen atoms in total.